The van der Waals surface area contributed by atoms with Crippen molar-refractivity contribution in [3.63, 3.8) is 0 Å². The summed E-state index contributed by atoms with van der Waals surface area (Å²) in [6.45, 7) is 7.47. The van der Waals surface area contributed by atoms with Crippen LogP contribution in [0, 0.1) is 5.41 Å². The van der Waals surface area contributed by atoms with Gasteiger partial charge in [0.2, 0.25) is 5.91 Å². The average Bonchev–Trinajstić information content (AvgIpc) is 2.62. The summed E-state index contributed by atoms with van der Waals surface area (Å²) in [4.78, 5) is 29.6. The molecule has 3 N–H and O–H groups in total. The van der Waals surface area contributed by atoms with Gasteiger partial charge in [0, 0.05) is 51.8 Å². The van der Waals surface area contributed by atoms with Crippen molar-refractivity contribution in [2.45, 2.75) is 27.2 Å². The van der Waals surface area contributed by atoms with E-state index in [0.717, 1.165) is 12.0 Å². The Balaban J connectivity index is 2.38. The smallest absolute Gasteiger partial charge is 0.253 e. The lowest BCUT2D eigenvalue weighted by molar-refractivity contribution is -0.128. The highest BCUT2D eigenvalue weighted by Gasteiger charge is 2.20. The molecule has 0 aliphatic rings. The normalized spacial score (nSPS) is 11.7. The van der Waals surface area contributed by atoms with E-state index in [4.69, 9.17) is 0 Å². The molecule has 0 spiro atoms. The molecule has 0 unspecified atom stereocenters. The van der Waals surface area contributed by atoms with E-state index in [1.54, 1.807) is 26.0 Å². The number of benzene rings is 1. The second kappa shape index (κ2) is 10.5. The highest BCUT2D eigenvalue weighted by atomic mass is 16.2. The Morgan fingerprint density at radius 1 is 1.04 bits per heavy atom. The van der Waals surface area contributed by atoms with Crippen molar-refractivity contribution in [2.75, 3.05) is 40.8 Å². The van der Waals surface area contributed by atoms with Gasteiger partial charge >= 0.3 is 0 Å². The number of nitrogens with one attached hydrogen (secondary N) is 3. The van der Waals surface area contributed by atoms with Gasteiger partial charge in [-0.05, 0) is 24.1 Å². The zero-order valence-electron chi connectivity index (χ0n) is 17.3. The summed E-state index contributed by atoms with van der Waals surface area (Å²) in [7, 11) is 5.20. The summed E-state index contributed by atoms with van der Waals surface area (Å²) in [6.07, 6.45) is 0.774. The molecule has 0 saturated heterocycles. The lowest BCUT2D eigenvalue weighted by atomic mass is 9.96. The Kier molecular flexibility index (Phi) is 8.78. The molecule has 1 rings (SSSR count). The van der Waals surface area contributed by atoms with Gasteiger partial charge in [-0.3, -0.25) is 14.6 Å². The van der Waals surface area contributed by atoms with E-state index in [1.165, 1.54) is 0 Å². The largest absolute Gasteiger partial charge is 0.356 e. The number of guanidine groups is 1. The van der Waals surface area contributed by atoms with Crippen LogP contribution in [-0.2, 0) is 11.2 Å². The maximum absolute atomic E-state index is 12.0. The second-order valence-corrected chi connectivity index (χ2v) is 7.58. The van der Waals surface area contributed by atoms with Crippen LogP contribution in [0.4, 0.5) is 0 Å². The minimum absolute atomic E-state index is 0.000380. The zero-order chi connectivity index (χ0) is 20.4. The van der Waals surface area contributed by atoms with Crippen molar-refractivity contribution in [1.29, 1.82) is 0 Å². The summed E-state index contributed by atoms with van der Waals surface area (Å²) >= 11 is 0. The lowest BCUT2D eigenvalue weighted by Gasteiger charge is -2.18. The summed E-state index contributed by atoms with van der Waals surface area (Å²) < 4.78 is 0. The van der Waals surface area contributed by atoms with Gasteiger partial charge in [-0.1, -0.05) is 32.9 Å². The monoisotopic (exact) mass is 375 g/mol. The van der Waals surface area contributed by atoms with Gasteiger partial charge in [-0.15, -0.1) is 0 Å². The molecule has 150 valence electrons. The minimum Gasteiger partial charge on any atom is -0.356 e. The molecule has 1 aromatic carbocycles. The van der Waals surface area contributed by atoms with E-state index >= 15 is 0 Å². The van der Waals surface area contributed by atoms with Crippen LogP contribution in [0.15, 0.2) is 29.3 Å². The molecule has 27 heavy (non-hydrogen) atoms. The summed E-state index contributed by atoms with van der Waals surface area (Å²) in [6, 6.07) is 7.65. The van der Waals surface area contributed by atoms with Crippen LogP contribution in [0.2, 0.25) is 0 Å². The molecule has 0 atom stereocenters. The molecule has 0 radical (unpaired) electrons. The van der Waals surface area contributed by atoms with Gasteiger partial charge < -0.3 is 20.9 Å². The van der Waals surface area contributed by atoms with Crippen LogP contribution in [0.3, 0.4) is 0 Å². The molecule has 7 nitrogen and oxygen atoms in total. The lowest BCUT2D eigenvalue weighted by Crippen LogP contribution is -2.43. The Morgan fingerprint density at radius 3 is 2.26 bits per heavy atom. The molecule has 0 heterocycles. The molecule has 0 bridgehead atoms. The van der Waals surface area contributed by atoms with E-state index < -0.39 is 0 Å². The molecule has 1 aromatic rings. The first-order chi connectivity index (χ1) is 12.6. The minimum atomic E-state index is -0.386. The fourth-order valence-corrected chi connectivity index (χ4v) is 2.29. The Morgan fingerprint density at radius 2 is 1.67 bits per heavy atom. The van der Waals surface area contributed by atoms with Crippen LogP contribution in [0.25, 0.3) is 0 Å². The van der Waals surface area contributed by atoms with Crippen molar-refractivity contribution in [2.24, 2.45) is 10.4 Å². The number of hydrogen-bond acceptors (Lipinski definition) is 3. The molecule has 7 heteroatoms. The number of carbonyl (C=O) groups is 2. The Hall–Kier alpha value is -2.57. The zero-order valence-corrected chi connectivity index (χ0v) is 17.3. The average molecular weight is 376 g/mol. The first-order valence-corrected chi connectivity index (χ1v) is 9.18. The van der Waals surface area contributed by atoms with Gasteiger partial charge in [0.15, 0.2) is 5.96 Å². The molecule has 0 aliphatic heterocycles. The molecule has 0 saturated carbocycles. The maximum Gasteiger partial charge on any atom is 0.253 e. The number of nitrogens with zero attached hydrogens (tertiary/aromatic N) is 2. The maximum atomic E-state index is 12.0. The molecular weight excluding hydrogens is 342 g/mol. The molecule has 0 aliphatic carbocycles. The number of amides is 2. The summed E-state index contributed by atoms with van der Waals surface area (Å²) in [5, 5.41) is 9.30. The third-order valence-electron chi connectivity index (χ3n) is 3.89. The van der Waals surface area contributed by atoms with Gasteiger partial charge in [0.1, 0.15) is 0 Å². The van der Waals surface area contributed by atoms with Crippen LogP contribution < -0.4 is 16.0 Å². The van der Waals surface area contributed by atoms with Gasteiger partial charge in [-0.25, -0.2) is 0 Å². The van der Waals surface area contributed by atoms with E-state index in [9.17, 15) is 9.59 Å². The number of hydrogen-bond donors (Lipinski definition) is 3. The van der Waals surface area contributed by atoms with E-state index in [0.29, 0.717) is 31.2 Å². The topological polar surface area (TPSA) is 85.8 Å². The fraction of sp³-hybridized carbons (Fsp3) is 0.550. The third kappa shape index (κ3) is 8.11. The molecule has 0 aromatic heterocycles. The van der Waals surface area contributed by atoms with Crippen LogP contribution >= 0.6 is 0 Å². The predicted octanol–water partition coefficient (Wildman–Crippen LogP) is 1.26. The van der Waals surface area contributed by atoms with E-state index in [1.807, 2.05) is 45.0 Å². The van der Waals surface area contributed by atoms with E-state index in [2.05, 4.69) is 20.9 Å². The van der Waals surface area contributed by atoms with Crippen molar-refractivity contribution >= 4 is 17.8 Å². The molecule has 0 fully saturated rings. The molecule has 2 amide bonds. The van der Waals surface area contributed by atoms with Gasteiger partial charge in [0.25, 0.3) is 5.91 Å². The first kappa shape index (κ1) is 22.5. The Bertz CT molecular complexity index is 663. The highest BCUT2D eigenvalue weighted by molar-refractivity contribution is 5.94. The SMILES string of the molecule is CN=C(NCCNC(=O)C(C)(C)C)NCCc1cccc(C(=O)N(C)C)c1. The van der Waals surface area contributed by atoms with Gasteiger partial charge in [0.05, 0.1) is 0 Å². The second-order valence-electron chi connectivity index (χ2n) is 7.58. The quantitative estimate of drug-likeness (QED) is 0.380. The van der Waals surface area contributed by atoms with Crippen molar-refractivity contribution in [1.82, 2.24) is 20.9 Å². The fourth-order valence-electron chi connectivity index (χ4n) is 2.29. The number of rotatable bonds is 7. The predicted molar refractivity (Wildman–Crippen MR) is 110 cm³/mol. The highest BCUT2D eigenvalue weighted by Crippen LogP contribution is 2.11. The van der Waals surface area contributed by atoms with Crippen LogP contribution in [-0.4, -0.2) is 63.5 Å². The van der Waals surface area contributed by atoms with E-state index in [-0.39, 0.29) is 17.2 Å². The number of carbonyl (C=O) groups excluding carboxylic acids is 2. The summed E-state index contributed by atoms with van der Waals surface area (Å²) in [5.74, 6) is 0.708. The van der Waals surface area contributed by atoms with Crippen LogP contribution in [0.1, 0.15) is 36.7 Å². The molecular formula is C20H33N5O2. The standard InChI is InChI=1S/C20H33N5O2/c1-20(2,3)18(27)22-12-13-24-19(21-4)23-11-10-15-8-7-9-16(14-15)17(26)25(5)6/h7-9,14H,10-13H2,1-6H3,(H,22,27)(H2,21,23,24). The summed E-state index contributed by atoms with van der Waals surface area (Å²) in [5.41, 5.74) is 1.39. The Labute approximate surface area is 162 Å². The van der Waals surface area contributed by atoms with Crippen molar-refractivity contribution in [3.8, 4) is 0 Å². The van der Waals surface area contributed by atoms with Crippen molar-refractivity contribution < 1.29 is 9.59 Å². The van der Waals surface area contributed by atoms with Crippen molar-refractivity contribution in [3.05, 3.63) is 35.4 Å². The van der Waals surface area contributed by atoms with Gasteiger partial charge in [-0.2, -0.15) is 0 Å². The first-order valence-electron chi connectivity index (χ1n) is 9.18. The third-order valence-corrected chi connectivity index (χ3v) is 3.89. The number of aliphatic imine (C=N–C) groups is 1. The van der Waals surface area contributed by atoms with Crippen LogP contribution in [0.5, 0.6) is 0 Å².